The molecule has 0 bridgehead atoms. The molecule has 120 valence electrons. The molecule has 1 aliphatic heterocycles. The van der Waals surface area contributed by atoms with Gasteiger partial charge in [0.25, 0.3) is 5.91 Å². The summed E-state index contributed by atoms with van der Waals surface area (Å²) < 4.78 is 5.23. The van der Waals surface area contributed by atoms with Gasteiger partial charge in [-0.3, -0.25) is 4.79 Å². The van der Waals surface area contributed by atoms with Crippen molar-refractivity contribution in [1.29, 1.82) is 0 Å². The first kappa shape index (κ1) is 15.6. The molecule has 2 heterocycles. The Morgan fingerprint density at radius 2 is 2.04 bits per heavy atom. The summed E-state index contributed by atoms with van der Waals surface area (Å²) in [5.74, 6) is 0.991. The fourth-order valence-electron chi connectivity index (χ4n) is 2.55. The van der Waals surface area contributed by atoms with Crippen molar-refractivity contribution in [1.82, 2.24) is 9.97 Å². The first-order chi connectivity index (χ1) is 11.2. The third-order valence-electron chi connectivity index (χ3n) is 3.73. The molecule has 1 N–H and O–H groups in total. The summed E-state index contributed by atoms with van der Waals surface area (Å²) in [5.41, 5.74) is 0.815. The monoisotopic (exact) mass is 332 g/mol. The number of nitrogens with one attached hydrogen (secondary N) is 1. The topological polar surface area (TPSA) is 67.3 Å². The Balaban J connectivity index is 1.81. The molecular formula is C16H17ClN4O2. The summed E-state index contributed by atoms with van der Waals surface area (Å²) in [6.07, 6.45) is 3.70. The number of hydrogen-bond acceptors (Lipinski definition) is 5. The zero-order chi connectivity index (χ0) is 16.2. The Labute approximate surface area is 139 Å². The number of carbonyl (C=O) groups is 1. The van der Waals surface area contributed by atoms with Gasteiger partial charge in [-0.15, -0.1) is 0 Å². The van der Waals surface area contributed by atoms with E-state index in [0.29, 0.717) is 22.2 Å². The number of nitrogens with zero attached hydrogens (tertiary/aromatic N) is 3. The van der Waals surface area contributed by atoms with Gasteiger partial charge in [-0.25, -0.2) is 9.97 Å². The van der Waals surface area contributed by atoms with Gasteiger partial charge in [0.1, 0.15) is 23.6 Å². The van der Waals surface area contributed by atoms with E-state index in [9.17, 15) is 4.79 Å². The van der Waals surface area contributed by atoms with Gasteiger partial charge in [0, 0.05) is 24.2 Å². The van der Waals surface area contributed by atoms with Gasteiger partial charge in [-0.05, 0) is 31.0 Å². The highest BCUT2D eigenvalue weighted by Crippen LogP contribution is 2.28. The van der Waals surface area contributed by atoms with Crippen molar-refractivity contribution < 1.29 is 9.53 Å². The number of ether oxygens (including phenoxy) is 1. The molecule has 1 aromatic heterocycles. The highest BCUT2D eigenvalue weighted by atomic mass is 35.5. The maximum Gasteiger partial charge on any atom is 0.274 e. The van der Waals surface area contributed by atoms with Gasteiger partial charge in [-0.1, -0.05) is 11.6 Å². The lowest BCUT2D eigenvalue weighted by Gasteiger charge is -2.16. The predicted molar refractivity (Wildman–Crippen MR) is 89.4 cm³/mol. The summed E-state index contributed by atoms with van der Waals surface area (Å²) in [5, 5.41) is 3.29. The minimum atomic E-state index is -0.326. The van der Waals surface area contributed by atoms with E-state index in [0.717, 1.165) is 31.7 Å². The smallest absolute Gasteiger partial charge is 0.274 e. The van der Waals surface area contributed by atoms with Gasteiger partial charge >= 0.3 is 0 Å². The Hall–Kier alpha value is -2.34. The third-order valence-corrected chi connectivity index (χ3v) is 3.96. The van der Waals surface area contributed by atoms with Crippen LogP contribution in [0.2, 0.25) is 5.02 Å². The maximum atomic E-state index is 12.4. The fourth-order valence-corrected chi connectivity index (χ4v) is 2.73. The first-order valence-corrected chi connectivity index (χ1v) is 7.77. The van der Waals surface area contributed by atoms with Crippen LogP contribution in [0.1, 0.15) is 23.3 Å². The second-order valence-corrected chi connectivity index (χ2v) is 5.69. The number of rotatable bonds is 4. The first-order valence-electron chi connectivity index (χ1n) is 7.39. The number of anilines is 2. The summed E-state index contributed by atoms with van der Waals surface area (Å²) in [4.78, 5) is 22.9. The Morgan fingerprint density at radius 1 is 1.26 bits per heavy atom. The molecule has 1 aliphatic rings. The Kier molecular flexibility index (Phi) is 4.62. The molecule has 0 radical (unpaired) electrons. The molecule has 1 aromatic carbocycles. The van der Waals surface area contributed by atoms with Crippen LogP contribution in [0.15, 0.2) is 30.6 Å². The van der Waals surface area contributed by atoms with Crippen LogP contribution in [-0.4, -0.2) is 36.1 Å². The Bertz CT molecular complexity index is 717. The number of methoxy groups -OCH3 is 1. The normalized spacial score (nSPS) is 13.9. The zero-order valence-corrected chi connectivity index (χ0v) is 13.5. The largest absolute Gasteiger partial charge is 0.495 e. The lowest BCUT2D eigenvalue weighted by Crippen LogP contribution is -2.21. The number of benzene rings is 1. The Morgan fingerprint density at radius 3 is 2.78 bits per heavy atom. The molecule has 0 atom stereocenters. The quantitative estimate of drug-likeness (QED) is 0.932. The van der Waals surface area contributed by atoms with Crippen molar-refractivity contribution >= 4 is 29.0 Å². The molecular weight excluding hydrogens is 316 g/mol. The third kappa shape index (κ3) is 3.53. The molecule has 23 heavy (non-hydrogen) atoms. The summed E-state index contributed by atoms with van der Waals surface area (Å²) in [6, 6.07) is 6.75. The van der Waals surface area contributed by atoms with Crippen LogP contribution in [0.4, 0.5) is 11.5 Å². The van der Waals surface area contributed by atoms with Crippen molar-refractivity contribution in [2.75, 3.05) is 30.4 Å². The average Bonchev–Trinajstić information content (AvgIpc) is 3.10. The molecule has 1 fully saturated rings. The van der Waals surface area contributed by atoms with E-state index in [4.69, 9.17) is 16.3 Å². The fraction of sp³-hybridized carbons (Fsp3) is 0.312. The van der Waals surface area contributed by atoms with E-state index < -0.39 is 0 Å². The number of carbonyl (C=O) groups excluding carboxylic acids is 1. The van der Waals surface area contributed by atoms with E-state index in [1.165, 1.54) is 13.4 Å². The van der Waals surface area contributed by atoms with Gasteiger partial charge in [0.05, 0.1) is 12.8 Å². The second kappa shape index (κ2) is 6.83. The van der Waals surface area contributed by atoms with Crippen molar-refractivity contribution in [3.05, 3.63) is 41.3 Å². The summed E-state index contributed by atoms with van der Waals surface area (Å²) >= 11 is 5.98. The predicted octanol–water partition coefficient (Wildman–Crippen LogP) is 2.99. The average molecular weight is 333 g/mol. The maximum absolute atomic E-state index is 12.4. The molecule has 3 rings (SSSR count). The molecule has 0 unspecified atom stereocenters. The number of halogens is 1. The molecule has 1 saturated heterocycles. The van der Waals surface area contributed by atoms with E-state index in [1.807, 2.05) is 0 Å². The summed E-state index contributed by atoms with van der Waals surface area (Å²) in [7, 11) is 1.54. The van der Waals surface area contributed by atoms with E-state index in [-0.39, 0.29) is 5.91 Å². The van der Waals surface area contributed by atoms with Crippen LogP contribution in [0.3, 0.4) is 0 Å². The van der Waals surface area contributed by atoms with Crippen molar-refractivity contribution in [2.24, 2.45) is 0 Å². The highest BCUT2D eigenvalue weighted by molar-refractivity contribution is 6.31. The molecule has 0 aliphatic carbocycles. The highest BCUT2D eigenvalue weighted by Gasteiger charge is 2.17. The molecule has 7 heteroatoms. The lowest BCUT2D eigenvalue weighted by molar-refractivity contribution is 0.102. The van der Waals surface area contributed by atoms with Crippen molar-refractivity contribution in [3.8, 4) is 5.75 Å². The molecule has 2 aromatic rings. The minimum absolute atomic E-state index is 0.309. The van der Waals surface area contributed by atoms with Crippen molar-refractivity contribution in [2.45, 2.75) is 12.8 Å². The van der Waals surface area contributed by atoms with Gasteiger partial charge in [-0.2, -0.15) is 0 Å². The van der Waals surface area contributed by atoms with Crippen LogP contribution in [0, 0.1) is 0 Å². The van der Waals surface area contributed by atoms with Gasteiger partial charge in [0.2, 0.25) is 0 Å². The van der Waals surface area contributed by atoms with Crippen molar-refractivity contribution in [3.63, 3.8) is 0 Å². The standard InChI is InChI=1S/C16H17ClN4O2/c1-23-14-5-4-11(17)8-12(14)20-16(22)13-9-15(19-10-18-13)21-6-2-3-7-21/h4-5,8-10H,2-3,6-7H2,1H3,(H,20,22). The van der Waals surface area contributed by atoms with Crippen LogP contribution < -0.4 is 15.0 Å². The van der Waals surface area contributed by atoms with Crippen LogP contribution >= 0.6 is 11.6 Å². The minimum Gasteiger partial charge on any atom is -0.495 e. The second-order valence-electron chi connectivity index (χ2n) is 5.25. The summed E-state index contributed by atoms with van der Waals surface area (Å²) in [6.45, 7) is 1.92. The van der Waals surface area contributed by atoms with Gasteiger partial charge < -0.3 is 15.0 Å². The van der Waals surface area contributed by atoms with Crippen LogP contribution in [-0.2, 0) is 0 Å². The lowest BCUT2D eigenvalue weighted by atomic mass is 10.2. The zero-order valence-electron chi connectivity index (χ0n) is 12.8. The van der Waals surface area contributed by atoms with E-state index >= 15 is 0 Å². The van der Waals surface area contributed by atoms with E-state index in [1.54, 1.807) is 24.3 Å². The van der Waals surface area contributed by atoms with Crippen LogP contribution in [0.5, 0.6) is 5.75 Å². The van der Waals surface area contributed by atoms with Gasteiger partial charge in [0.15, 0.2) is 0 Å². The van der Waals surface area contributed by atoms with E-state index in [2.05, 4.69) is 20.2 Å². The molecule has 6 nitrogen and oxygen atoms in total. The SMILES string of the molecule is COc1ccc(Cl)cc1NC(=O)c1cc(N2CCCC2)ncn1. The molecule has 0 saturated carbocycles. The molecule has 0 spiro atoms. The number of amides is 1. The van der Waals surface area contributed by atoms with Crippen LogP contribution in [0.25, 0.3) is 0 Å². The molecule has 1 amide bonds. The number of hydrogen-bond donors (Lipinski definition) is 1. The number of aromatic nitrogens is 2.